The van der Waals surface area contributed by atoms with E-state index in [1.807, 2.05) is 10.8 Å². The number of aromatic amines is 1. The molecular weight excluding hydrogens is 316 g/mol. The smallest absolute Gasteiger partial charge is 0.316 e. The van der Waals surface area contributed by atoms with Crippen molar-refractivity contribution in [3.63, 3.8) is 0 Å². The van der Waals surface area contributed by atoms with E-state index in [0.29, 0.717) is 12.6 Å². The number of nitrogens with one attached hydrogen (secondary N) is 1. The molecule has 3 aromatic heterocycles. The monoisotopic (exact) mass is 334 g/mol. The minimum absolute atomic E-state index is 0.338. The predicted molar refractivity (Wildman–Crippen MR) is 94.5 cm³/mol. The highest BCUT2D eigenvalue weighted by Gasteiger charge is 2.11. The Morgan fingerprint density at radius 3 is 2.60 bits per heavy atom. The minimum atomic E-state index is 0.338. The molecule has 0 unspecified atom stereocenters. The molecule has 1 aromatic carbocycles. The second-order valence-corrected chi connectivity index (χ2v) is 5.97. The Kier molecular flexibility index (Phi) is 3.68. The van der Waals surface area contributed by atoms with Gasteiger partial charge >= 0.3 is 6.01 Å². The van der Waals surface area contributed by atoms with Crippen LogP contribution in [0.25, 0.3) is 22.4 Å². The van der Waals surface area contributed by atoms with Gasteiger partial charge < -0.3 is 14.3 Å². The zero-order valence-electron chi connectivity index (χ0n) is 14.3. The van der Waals surface area contributed by atoms with Crippen LogP contribution in [0, 0.1) is 13.8 Å². The van der Waals surface area contributed by atoms with Crippen molar-refractivity contribution in [2.24, 2.45) is 0 Å². The highest BCUT2D eigenvalue weighted by Crippen LogP contribution is 2.20. The van der Waals surface area contributed by atoms with E-state index >= 15 is 0 Å². The summed E-state index contributed by atoms with van der Waals surface area (Å²) in [6, 6.07) is 4.58. The Labute approximate surface area is 144 Å². The second kappa shape index (κ2) is 6.01. The lowest BCUT2D eigenvalue weighted by Crippen LogP contribution is -2.03. The van der Waals surface area contributed by atoms with Gasteiger partial charge in [-0.15, -0.1) is 0 Å². The van der Waals surface area contributed by atoms with E-state index in [1.54, 1.807) is 25.7 Å². The van der Waals surface area contributed by atoms with E-state index in [-0.39, 0.29) is 0 Å². The van der Waals surface area contributed by atoms with Gasteiger partial charge in [0.15, 0.2) is 0 Å². The highest BCUT2D eigenvalue weighted by atomic mass is 16.5. The lowest BCUT2D eigenvalue weighted by molar-refractivity contribution is 0.380. The van der Waals surface area contributed by atoms with Crippen molar-refractivity contribution in [3.05, 3.63) is 53.9 Å². The minimum Gasteiger partial charge on any atom is -0.467 e. The molecule has 0 fully saturated rings. The molecule has 0 radical (unpaired) electrons. The third-order valence-electron chi connectivity index (χ3n) is 4.25. The third-order valence-corrected chi connectivity index (χ3v) is 4.25. The Balaban J connectivity index is 1.66. The summed E-state index contributed by atoms with van der Waals surface area (Å²) in [5.41, 5.74) is 5.35. The maximum Gasteiger partial charge on any atom is 0.316 e. The number of nitrogens with zero attached hydrogens (tertiary/aromatic N) is 5. The molecule has 0 amide bonds. The average molecular weight is 334 g/mol. The molecule has 7 heteroatoms. The number of hydrogen-bond acceptors (Lipinski definition) is 5. The van der Waals surface area contributed by atoms with Crippen LogP contribution in [0.15, 0.2) is 36.9 Å². The summed E-state index contributed by atoms with van der Waals surface area (Å²) < 4.78 is 7.02. The predicted octanol–water partition coefficient (Wildman–Crippen LogP) is 2.89. The highest BCUT2D eigenvalue weighted by molar-refractivity contribution is 5.77. The molecule has 0 spiro atoms. The molecule has 0 bridgehead atoms. The van der Waals surface area contributed by atoms with Crippen molar-refractivity contribution in [1.82, 2.24) is 29.5 Å². The Morgan fingerprint density at radius 1 is 1.08 bits per heavy atom. The zero-order valence-corrected chi connectivity index (χ0v) is 14.3. The van der Waals surface area contributed by atoms with Crippen LogP contribution in [0.2, 0.25) is 0 Å². The molecule has 4 aromatic rings. The average Bonchev–Trinajstić information content (AvgIpc) is 3.22. The van der Waals surface area contributed by atoms with E-state index in [1.165, 1.54) is 11.1 Å². The number of fused-ring (bicyclic) bond motifs is 1. The number of aromatic nitrogens is 6. The number of imidazole rings is 2. The molecule has 126 valence electrons. The summed E-state index contributed by atoms with van der Waals surface area (Å²) in [6.07, 6.45) is 7.09. The molecule has 0 atom stereocenters. The number of benzene rings is 1. The van der Waals surface area contributed by atoms with Crippen molar-refractivity contribution in [2.75, 3.05) is 7.11 Å². The van der Waals surface area contributed by atoms with E-state index in [2.05, 4.69) is 45.9 Å². The van der Waals surface area contributed by atoms with Crippen LogP contribution >= 0.6 is 0 Å². The first-order valence-electron chi connectivity index (χ1n) is 7.97. The quantitative estimate of drug-likeness (QED) is 0.620. The standard InChI is InChI=1S/C18H18N6O/c1-11-6-14-15(7-12(11)2)23-16(22-14)10-24-5-4-19-17(24)13-8-20-18(25-3)21-9-13/h4-9H,10H2,1-3H3,(H,22,23). The normalized spacial score (nSPS) is 11.2. The molecule has 0 aliphatic carbocycles. The van der Waals surface area contributed by atoms with Gasteiger partial charge in [0.2, 0.25) is 0 Å². The van der Waals surface area contributed by atoms with Gasteiger partial charge in [0, 0.05) is 24.8 Å². The summed E-state index contributed by atoms with van der Waals surface area (Å²) in [6.45, 7) is 4.79. The fourth-order valence-corrected chi connectivity index (χ4v) is 2.79. The molecule has 7 nitrogen and oxygen atoms in total. The van der Waals surface area contributed by atoms with E-state index < -0.39 is 0 Å². The maximum absolute atomic E-state index is 5.00. The van der Waals surface area contributed by atoms with Gasteiger partial charge in [-0.25, -0.2) is 19.9 Å². The molecular formula is C18H18N6O. The molecule has 0 saturated heterocycles. The number of aryl methyl sites for hydroxylation is 2. The van der Waals surface area contributed by atoms with Gasteiger partial charge in [0.25, 0.3) is 0 Å². The summed E-state index contributed by atoms with van der Waals surface area (Å²) >= 11 is 0. The lowest BCUT2D eigenvalue weighted by Gasteiger charge is -2.06. The first-order chi connectivity index (χ1) is 12.1. The molecule has 0 aliphatic rings. The lowest BCUT2D eigenvalue weighted by atomic mass is 10.1. The summed E-state index contributed by atoms with van der Waals surface area (Å²) in [7, 11) is 1.54. The van der Waals surface area contributed by atoms with Gasteiger partial charge in [-0.3, -0.25) is 0 Å². The SMILES string of the molecule is COc1ncc(-c2nccn2Cc2nc3cc(C)c(C)cc3[nH]2)cn1. The zero-order chi connectivity index (χ0) is 17.4. The van der Waals surface area contributed by atoms with Gasteiger partial charge in [0.1, 0.15) is 11.6 Å². The van der Waals surface area contributed by atoms with Crippen LogP contribution in [0.3, 0.4) is 0 Å². The first-order valence-corrected chi connectivity index (χ1v) is 7.97. The Bertz CT molecular complexity index is 993. The Morgan fingerprint density at radius 2 is 1.84 bits per heavy atom. The van der Waals surface area contributed by atoms with Crippen molar-refractivity contribution in [2.45, 2.75) is 20.4 Å². The fourth-order valence-electron chi connectivity index (χ4n) is 2.79. The fraction of sp³-hybridized carbons (Fsp3) is 0.222. The van der Waals surface area contributed by atoms with Crippen LogP contribution in [0.1, 0.15) is 17.0 Å². The van der Waals surface area contributed by atoms with Gasteiger partial charge in [-0.2, -0.15) is 0 Å². The van der Waals surface area contributed by atoms with Crippen molar-refractivity contribution in [3.8, 4) is 17.4 Å². The molecule has 0 saturated carbocycles. The third kappa shape index (κ3) is 2.84. The summed E-state index contributed by atoms with van der Waals surface area (Å²) in [5.74, 6) is 1.67. The van der Waals surface area contributed by atoms with Gasteiger partial charge in [-0.05, 0) is 37.1 Å². The number of methoxy groups -OCH3 is 1. The van der Waals surface area contributed by atoms with Crippen LogP contribution in [0.5, 0.6) is 6.01 Å². The van der Waals surface area contributed by atoms with Crippen LogP contribution in [-0.4, -0.2) is 36.6 Å². The van der Waals surface area contributed by atoms with E-state index in [0.717, 1.165) is 28.2 Å². The van der Waals surface area contributed by atoms with Gasteiger partial charge in [-0.1, -0.05) is 0 Å². The number of rotatable bonds is 4. The van der Waals surface area contributed by atoms with E-state index in [4.69, 9.17) is 9.72 Å². The molecule has 4 rings (SSSR count). The Hall–Kier alpha value is -3.22. The largest absolute Gasteiger partial charge is 0.467 e. The van der Waals surface area contributed by atoms with Crippen molar-refractivity contribution >= 4 is 11.0 Å². The summed E-state index contributed by atoms with van der Waals surface area (Å²) in [5, 5.41) is 0. The molecule has 25 heavy (non-hydrogen) atoms. The maximum atomic E-state index is 5.00. The van der Waals surface area contributed by atoms with Gasteiger partial charge in [0.05, 0.1) is 30.3 Å². The summed E-state index contributed by atoms with van der Waals surface area (Å²) in [4.78, 5) is 20.8. The number of H-pyrrole nitrogens is 1. The van der Waals surface area contributed by atoms with Crippen molar-refractivity contribution < 1.29 is 4.74 Å². The molecule has 1 N–H and O–H groups in total. The number of ether oxygens (including phenoxy) is 1. The van der Waals surface area contributed by atoms with Crippen LogP contribution < -0.4 is 4.74 Å². The molecule has 3 heterocycles. The second-order valence-electron chi connectivity index (χ2n) is 5.97. The molecule has 0 aliphatic heterocycles. The topological polar surface area (TPSA) is 81.5 Å². The van der Waals surface area contributed by atoms with Crippen LogP contribution in [0.4, 0.5) is 0 Å². The first kappa shape index (κ1) is 15.3. The van der Waals surface area contributed by atoms with E-state index in [9.17, 15) is 0 Å². The number of hydrogen-bond donors (Lipinski definition) is 1. The van der Waals surface area contributed by atoms with Crippen molar-refractivity contribution in [1.29, 1.82) is 0 Å². The van der Waals surface area contributed by atoms with Crippen LogP contribution in [-0.2, 0) is 6.54 Å².